The van der Waals surface area contributed by atoms with Gasteiger partial charge in [-0.2, -0.15) is 13.2 Å². The van der Waals surface area contributed by atoms with Crippen LogP contribution in [0.4, 0.5) is 32.4 Å². The molecule has 0 unspecified atom stereocenters. The summed E-state index contributed by atoms with van der Waals surface area (Å²) in [5, 5.41) is 4.62. The van der Waals surface area contributed by atoms with Crippen molar-refractivity contribution in [2.24, 2.45) is 0 Å². The minimum atomic E-state index is -4.43. The number of benzene rings is 2. The van der Waals surface area contributed by atoms with Gasteiger partial charge in [-0.05, 0) is 48.2 Å². The second-order valence-corrected chi connectivity index (χ2v) is 5.76. The predicted molar refractivity (Wildman–Crippen MR) is 80.6 cm³/mol. The summed E-state index contributed by atoms with van der Waals surface area (Å²) in [6.07, 6.45) is 0. The Morgan fingerprint density at radius 3 is 2.54 bits per heavy atom. The van der Waals surface area contributed by atoms with Crippen LogP contribution in [-0.4, -0.2) is 11.5 Å². The standard InChI is InChI=1S/C15H11F5N2OS/c16-10-4-5-13(17)9(6-10)8-21-14(23)22-11-2-1-3-12(7-11)24-15(18,19)20/h1-7H,8H2,(H2,21,22,23). The van der Waals surface area contributed by atoms with Crippen molar-refractivity contribution in [1.29, 1.82) is 0 Å². The van der Waals surface area contributed by atoms with Crippen LogP contribution in [0.2, 0.25) is 0 Å². The maximum Gasteiger partial charge on any atom is 0.446 e. The number of alkyl halides is 3. The average Bonchev–Trinajstić information content (AvgIpc) is 2.47. The van der Waals surface area contributed by atoms with Gasteiger partial charge in [0, 0.05) is 22.7 Å². The molecule has 24 heavy (non-hydrogen) atoms. The fourth-order valence-corrected chi connectivity index (χ4v) is 2.40. The molecular formula is C15H11F5N2OS. The van der Waals surface area contributed by atoms with Crippen LogP contribution in [0.25, 0.3) is 0 Å². The molecule has 0 radical (unpaired) electrons. The molecule has 2 aromatic carbocycles. The van der Waals surface area contributed by atoms with Crippen molar-refractivity contribution in [3.05, 3.63) is 59.7 Å². The van der Waals surface area contributed by atoms with Gasteiger partial charge in [0.05, 0.1) is 0 Å². The number of rotatable bonds is 4. The van der Waals surface area contributed by atoms with Gasteiger partial charge in [-0.25, -0.2) is 13.6 Å². The largest absolute Gasteiger partial charge is 0.446 e. The molecule has 0 spiro atoms. The van der Waals surface area contributed by atoms with Gasteiger partial charge in [0.1, 0.15) is 11.6 Å². The number of nitrogens with one attached hydrogen (secondary N) is 2. The van der Waals surface area contributed by atoms with Crippen LogP contribution in [-0.2, 0) is 6.54 Å². The van der Waals surface area contributed by atoms with Crippen molar-refractivity contribution in [1.82, 2.24) is 5.32 Å². The summed E-state index contributed by atoms with van der Waals surface area (Å²) in [7, 11) is 0. The van der Waals surface area contributed by atoms with Gasteiger partial charge < -0.3 is 10.6 Å². The highest BCUT2D eigenvalue weighted by Crippen LogP contribution is 2.37. The Bertz CT molecular complexity index is 736. The van der Waals surface area contributed by atoms with Crippen LogP contribution in [0.3, 0.4) is 0 Å². The molecule has 0 heterocycles. The lowest BCUT2D eigenvalue weighted by Gasteiger charge is -2.10. The van der Waals surface area contributed by atoms with Crippen LogP contribution < -0.4 is 10.6 Å². The molecule has 0 aliphatic heterocycles. The van der Waals surface area contributed by atoms with E-state index < -0.39 is 23.2 Å². The van der Waals surface area contributed by atoms with E-state index in [2.05, 4.69) is 10.6 Å². The van der Waals surface area contributed by atoms with E-state index in [1.807, 2.05) is 0 Å². The lowest BCUT2D eigenvalue weighted by atomic mass is 10.2. The number of carbonyl (C=O) groups excluding carboxylic acids is 1. The molecule has 2 N–H and O–H groups in total. The molecule has 2 amide bonds. The van der Waals surface area contributed by atoms with Crippen molar-refractivity contribution < 1.29 is 26.7 Å². The summed E-state index contributed by atoms with van der Waals surface area (Å²) in [4.78, 5) is 11.6. The number of amides is 2. The van der Waals surface area contributed by atoms with E-state index in [9.17, 15) is 26.7 Å². The first kappa shape index (κ1) is 18.1. The Labute approximate surface area is 138 Å². The van der Waals surface area contributed by atoms with Gasteiger partial charge in [0.25, 0.3) is 0 Å². The second kappa shape index (κ2) is 7.52. The summed E-state index contributed by atoms with van der Waals surface area (Å²) in [5.74, 6) is -1.33. The smallest absolute Gasteiger partial charge is 0.334 e. The van der Waals surface area contributed by atoms with Crippen LogP contribution in [0, 0.1) is 11.6 Å². The Morgan fingerprint density at radius 1 is 1.08 bits per heavy atom. The third kappa shape index (κ3) is 5.73. The van der Waals surface area contributed by atoms with Crippen molar-refractivity contribution in [2.75, 3.05) is 5.32 Å². The van der Waals surface area contributed by atoms with Gasteiger partial charge in [-0.3, -0.25) is 0 Å². The average molecular weight is 362 g/mol. The summed E-state index contributed by atoms with van der Waals surface area (Å²) in [6, 6.07) is 7.23. The van der Waals surface area contributed by atoms with E-state index in [1.165, 1.54) is 18.2 Å². The zero-order chi connectivity index (χ0) is 17.7. The maximum absolute atomic E-state index is 13.4. The molecule has 2 rings (SSSR count). The number of carbonyl (C=O) groups is 1. The molecule has 0 aliphatic carbocycles. The lowest BCUT2D eigenvalue weighted by Crippen LogP contribution is -2.28. The van der Waals surface area contributed by atoms with Crippen LogP contribution in [0.5, 0.6) is 0 Å². The zero-order valence-electron chi connectivity index (χ0n) is 12.0. The Kier molecular flexibility index (Phi) is 5.66. The highest BCUT2D eigenvalue weighted by atomic mass is 32.2. The Morgan fingerprint density at radius 2 is 1.83 bits per heavy atom. The molecule has 0 saturated carbocycles. The number of thioether (sulfide) groups is 1. The van der Waals surface area contributed by atoms with Gasteiger partial charge in [-0.15, -0.1) is 0 Å². The third-order valence-electron chi connectivity index (χ3n) is 2.77. The first-order chi connectivity index (χ1) is 11.2. The first-order valence-electron chi connectivity index (χ1n) is 6.57. The minimum absolute atomic E-state index is 0.0495. The topological polar surface area (TPSA) is 41.1 Å². The van der Waals surface area contributed by atoms with Gasteiger partial charge in [-0.1, -0.05) is 6.07 Å². The normalized spacial score (nSPS) is 11.2. The van der Waals surface area contributed by atoms with E-state index in [0.29, 0.717) is 0 Å². The quantitative estimate of drug-likeness (QED) is 0.600. The molecule has 0 aromatic heterocycles. The summed E-state index contributed by atoms with van der Waals surface area (Å²) >= 11 is -0.307. The Hall–Kier alpha value is -2.29. The molecule has 0 aliphatic rings. The number of anilines is 1. The maximum atomic E-state index is 13.4. The third-order valence-corrected chi connectivity index (χ3v) is 3.49. The van der Waals surface area contributed by atoms with Crippen molar-refractivity contribution in [3.8, 4) is 0 Å². The van der Waals surface area contributed by atoms with E-state index in [4.69, 9.17) is 0 Å². The fourth-order valence-electron chi connectivity index (χ4n) is 1.80. The molecule has 0 atom stereocenters. The van der Waals surface area contributed by atoms with Crippen molar-refractivity contribution in [2.45, 2.75) is 16.9 Å². The van der Waals surface area contributed by atoms with Crippen LogP contribution >= 0.6 is 11.8 Å². The van der Waals surface area contributed by atoms with Crippen molar-refractivity contribution in [3.63, 3.8) is 0 Å². The van der Waals surface area contributed by atoms with Gasteiger partial charge in [0.15, 0.2) is 0 Å². The summed E-state index contributed by atoms with van der Waals surface area (Å²) in [6.45, 7) is -0.271. The number of halogens is 5. The second-order valence-electron chi connectivity index (χ2n) is 4.62. The summed E-state index contributed by atoms with van der Waals surface area (Å²) < 4.78 is 63.4. The van der Waals surface area contributed by atoms with Crippen LogP contribution in [0.15, 0.2) is 47.4 Å². The van der Waals surface area contributed by atoms with Crippen LogP contribution in [0.1, 0.15) is 5.56 Å². The number of hydrogen-bond donors (Lipinski definition) is 2. The SMILES string of the molecule is O=C(NCc1cc(F)ccc1F)Nc1cccc(SC(F)(F)F)c1. The molecule has 9 heteroatoms. The fraction of sp³-hybridized carbons (Fsp3) is 0.133. The Balaban J connectivity index is 1.95. The molecule has 0 bridgehead atoms. The molecule has 2 aromatic rings. The molecule has 0 saturated heterocycles. The molecular weight excluding hydrogens is 351 g/mol. The monoisotopic (exact) mass is 362 g/mol. The zero-order valence-corrected chi connectivity index (χ0v) is 12.8. The van der Waals surface area contributed by atoms with E-state index in [0.717, 1.165) is 24.3 Å². The number of hydrogen-bond acceptors (Lipinski definition) is 2. The van der Waals surface area contributed by atoms with E-state index >= 15 is 0 Å². The van der Waals surface area contributed by atoms with Gasteiger partial charge in [0.2, 0.25) is 0 Å². The lowest BCUT2D eigenvalue weighted by molar-refractivity contribution is -0.0328. The van der Waals surface area contributed by atoms with E-state index in [-0.39, 0.29) is 34.5 Å². The highest BCUT2D eigenvalue weighted by molar-refractivity contribution is 8.00. The highest BCUT2D eigenvalue weighted by Gasteiger charge is 2.29. The van der Waals surface area contributed by atoms with Gasteiger partial charge >= 0.3 is 11.5 Å². The predicted octanol–water partition coefficient (Wildman–Crippen LogP) is 4.90. The minimum Gasteiger partial charge on any atom is -0.334 e. The summed E-state index contributed by atoms with van der Waals surface area (Å²) in [5.41, 5.74) is -4.34. The number of urea groups is 1. The molecule has 0 fully saturated rings. The van der Waals surface area contributed by atoms with Crippen molar-refractivity contribution >= 4 is 23.5 Å². The first-order valence-corrected chi connectivity index (χ1v) is 7.39. The molecule has 128 valence electrons. The molecule has 3 nitrogen and oxygen atoms in total. The van der Waals surface area contributed by atoms with E-state index in [1.54, 1.807) is 0 Å².